The summed E-state index contributed by atoms with van der Waals surface area (Å²) in [6.07, 6.45) is 1.77. The Labute approximate surface area is 102 Å². The first-order valence-electron chi connectivity index (χ1n) is 5.64. The molecule has 0 spiro atoms. The van der Waals surface area contributed by atoms with Crippen LogP contribution in [0.5, 0.6) is 0 Å². The van der Waals surface area contributed by atoms with Crippen LogP contribution in [0.25, 0.3) is 0 Å². The van der Waals surface area contributed by atoms with Crippen molar-refractivity contribution in [2.45, 2.75) is 13.5 Å². The van der Waals surface area contributed by atoms with Gasteiger partial charge in [0, 0.05) is 39.3 Å². The van der Waals surface area contributed by atoms with Gasteiger partial charge >= 0.3 is 0 Å². The third-order valence-corrected chi connectivity index (χ3v) is 2.54. The lowest BCUT2D eigenvalue weighted by molar-refractivity contribution is -0.124. The van der Waals surface area contributed by atoms with E-state index in [0.717, 1.165) is 11.4 Å². The summed E-state index contributed by atoms with van der Waals surface area (Å²) in [5.74, 6) is 0.726. The lowest BCUT2D eigenvalue weighted by Crippen LogP contribution is -2.32. The Balaban J connectivity index is 2.50. The Hall–Kier alpha value is -1.62. The van der Waals surface area contributed by atoms with Crippen molar-refractivity contribution in [3.05, 3.63) is 23.9 Å². The summed E-state index contributed by atoms with van der Waals surface area (Å²) in [7, 11) is 3.87. The molecule has 1 amide bonds. The van der Waals surface area contributed by atoms with Crippen LogP contribution >= 0.6 is 0 Å². The molecule has 0 fully saturated rings. The number of aromatic nitrogens is 1. The van der Waals surface area contributed by atoms with Crippen molar-refractivity contribution < 1.29 is 4.79 Å². The summed E-state index contributed by atoms with van der Waals surface area (Å²) in [4.78, 5) is 17.7. The van der Waals surface area contributed by atoms with Gasteiger partial charge in [0.05, 0.1) is 0 Å². The van der Waals surface area contributed by atoms with Gasteiger partial charge in [-0.15, -0.1) is 0 Å². The van der Waals surface area contributed by atoms with Crippen molar-refractivity contribution in [2.24, 2.45) is 11.7 Å². The van der Waals surface area contributed by atoms with Crippen LogP contribution < -0.4 is 16.0 Å². The van der Waals surface area contributed by atoms with Gasteiger partial charge in [-0.25, -0.2) is 4.98 Å². The minimum Gasteiger partial charge on any atom is -0.363 e. The highest BCUT2D eigenvalue weighted by molar-refractivity contribution is 5.78. The molecule has 0 aromatic carbocycles. The van der Waals surface area contributed by atoms with Crippen LogP contribution in [0.1, 0.15) is 12.5 Å². The average molecular weight is 236 g/mol. The van der Waals surface area contributed by atoms with Crippen LogP contribution in [0.15, 0.2) is 18.3 Å². The molecule has 0 saturated carbocycles. The number of hydrogen-bond donors (Lipinski definition) is 2. The number of nitrogens with one attached hydrogen (secondary N) is 1. The first-order chi connectivity index (χ1) is 8.04. The van der Waals surface area contributed by atoms with Crippen LogP contribution in [0.4, 0.5) is 5.82 Å². The number of rotatable bonds is 5. The van der Waals surface area contributed by atoms with E-state index in [1.54, 1.807) is 6.20 Å². The average Bonchev–Trinajstić information content (AvgIpc) is 2.35. The maximum absolute atomic E-state index is 11.5. The van der Waals surface area contributed by atoms with Gasteiger partial charge in [-0.3, -0.25) is 4.79 Å². The molecule has 1 unspecified atom stereocenters. The zero-order chi connectivity index (χ0) is 12.8. The summed E-state index contributed by atoms with van der Waals surface area (Å²) >= 11 is 0. The molecule has 0 bridgehead atoms. The van der Waals surface area contributed by atoms with Crippen molar-refractivity contribution in [1.82, 2.24) is 10.3 Å². The Morgan fingerprint density at radius 3 is 2.71 bits per heavy atom. The van der Waals surface area contributed by atoms with E-state index in [0.29, 0.717) is 13.1 Å². The maximum atomic E-state index is 11.5. The molecule has 1 atom stereocenters. The van der Waals surface area contributed by atoms with E-state index in [9.17, 15) is 4.79 Å². The van der Waals surface area contributed by atoms with Gasteiger partial charge in [0.15, 0.2) is 0 Å². The lowest BCUT2D eigenvalue weighted by atomic mass is 10.1. The van der Waals surface area contributed by atoms with Crippen LogP contribution in [-0.4, -0.2) is 31.5 Å². The topological polar surface area (TPSA) is 71.2 Å². The quantitative estimate of drug-likeness (QED) is 0.774. The fraction of sp³-hybridized carbons (Fsp3) is 0.500. The molecule has 1 aromatic rings. The lowest BCUT2D eigenvalue weighted by Gasteiger charge is -2.12. The highest BCUT2D eigenvalue weighted by Gasteiger charge is 2.09. The molecular formula is C12H20N4O. The molecule has 17 heavy (non-hydrogen) atoms. The molecule has 3 N–H and O–H groups in total. The Kier molecular flexibility index (Phi) is 4.90. The summed E-state index contributed by atoms with van der Waals surface area (Å²) < 4.78 is 0. The third-order valence-electron chi connectivity index (χ3n) is 2.54. The maximum Gasteiger partial charge on any atom is 0.224 e. The molecule has 0 aliphatic rings. The van der Waals surface area contributed by atoms with Crippen molar-refractivity contribution in [2.75, 3.05) is 25.5 Å². The van der Waals surface area contributed by atoms with E-state index < -0.39 is 0 Å². The Bertz CT molecular complexity index is 361. The van der Waals surface area contributed by atoms with Gasteiger partial charge in [0.25, 0.3) is 0 Å². The number of nitrogens with zero attached hydrogens (tertiary/aromatic N) is 2. The molecule has 1 aromatic heterocycles. The number of amides is 1. The van der Waals surface area contributed by atoms with E-state index in [4.69, 9.17) is 5.73 Å². The van der Waals surface area contributed by atoms with E-state index >= 15 is 0 Å². The summed E-state index contributed by atoms with van der Waals surface area (Å²) in [5.41, 5.74) is 6.40. The van der Waals surface area contributed by atoms with Crippen molar-refractivity contribution in [1.29, 1.82) is 0 Å². The Morgan fingerprint density at radius 1 is 1.53 bits per heavy atom. The van der Waals surface area contributed by atoms with E-state index in [1.807, 2.05) is 38.1 Å². The predicted molar refractivity (Wildman–Crippen MR) is 68.6 cm³/mol. The fourth-order valence-corrected chi connectivity index (χ4v) is 1.26. The van der Waals surface area contributed by atoms with Gasteiger partial charge in [-0.2, -0.15) is 0 Å². The number of hydrogen-bond acceptors (Lipinski definition) is 4. The normalized spacial score (nSPS) is 12.0. The molecule has 5 heteroatoms. The SMILES string of the molecule is CC(CN)C(=O)NCc1ccc(N(C)C)nc1. The molecule has 0 saturated heterocycles. The van der Waals surface area contributed by atoms with Crippen molar-refractivity contribution >= 4 is 11.7 Å². The van der Waals surface area contributed by atoms with E-state index in [1.165, 1.54) is 0 Å². The van der Waals surface area contributed by atoms with Crippen LogP contribution in [0, 0.1) is 5.92 Å². The van der Waals surface area contributed by atoms with Gasteiger partial charge in [-0.05, 0) is 11.6 Å². The van der Waals surface area contributed by atoms with E-state index in [-0.39, 0.29) is 11.8 Å². The number of carbonyl (C=O) groups excluding carboxylic acids is 1. The standard InChI is InChI=1S/C12H20N4O/c1-9(6-13)12(17)15-8-10-4-5-11(14-7-10)16(2)3/h4-5,7,9H,6,8,13H2,1-3H3,(H,15,17). The first kappa shape index (κ1) is 13.4. The van der Waals surface area contributed by atoms with Gasteiger partial charge in [-0.1, -0.05) is 13.0 Å². The molecule has 1 rings (SSSR count). The van der Waals surface area contributed by atoms with Crippen LogP contribution in [0.3, 0.4) is 0 Å². The molecule has 94 valence electrons. The highest BCUT2D eigenvalue weighted by Crippen LogP contribution is 2.07. The zero-order valence-corrected chi connectivity index (χ0v) is 10.6. The van der Waals surface area contributed by atoms with Crippen LogP contribution in [-0.2, 0) is 11.3 Å². The number of nitrogens with two attached hydrogens (primary N) is 1. The smallest absolute Gasteiger partial charge is 0.224 e. The van der Waals surface area contributed by atoms with Gasteiger partial charge < -0.3 is 16.0 Å². The van der Waals surface area contributed by atoms with E-state index in [2.05, 4.69) is 10.3 Å². The molecule has 5 nitrogen and oxygen atoms in total. The third kappa shape index (κ3) is 4.03. The molecular weight excluding hydrogens is 216 g/mol. The van der Waals surface area contributed by atoms with Crippen molar-refractivity contribution in [3.8, 4) is 0 Å². The van der Waals surface area contributed by atoms with Gasteiger partial charge in [0.2, 0.25) is 5.91 Å². The van der Waals surface area contributed by atoms with Gasteiger partial charge in [0.1, 0.15) is 5.82 Å². The number of carbonyl (C=O) groups is 1. The fourth-order valence-electron chi connectivity index (χ4n) is 1.26. The predicted octanol–water partition coefficient (Wildman–Crippen LogP) is 0.359. The Morgan fingerprint density at radius 2 is 2.24 bits per heavy atom. The minimum atomic E-state index is -0.149. The summed E-state index contributed by atoms with van der Waals surface area (Å²) in [6, 6.07) is 3.88. The summed E-state index contributed by atoms with van der Waals surface area (Å²) in [6.45, 7) is 2.66. The molecule has 0 radical (unpaired) electrons. The first-order valence-corrected chi connectivity index (χ1v) is 5.64. The molecule has 0 aliphatic heterocycles. The monoisotopic (exact) mass is 236 g/mol. The largest absolute Gasteiger partial charge is 0.363 e. The number of anilines is 1. The molecule has 1 heterocycles. The second-order valence-electron chi connectivity index (χ2n) is 4.27. The molecule has 0 aliphatic carbocycles. The second-order valence-corrected chi connectivity index (χ2v) is 4.27. The van der Waals surface area contributed by atoms with Crippen molar-refractivity contribution in [3.63, 3.8) is 0 Å². The van der Waals surface area contributed by atoms with Crippen LogP contribution in [0.2, 0.25) is 0 Å². The number of pyridine rings is 1. The highest BCUT2D eigenvalue weighted by atomic mass is 16.1. The second kappa shape index (κ2) is 6.20. The zero-order valence-electron chi connectivity index (χ0n) is 10.6. The summed E-state index contributed by atoms with van der Waals surface area (Å²) in [5, 5.41) is 2.83. The minimum absolute atomic E-state index is 0.0239.